The van der Waals surface area contributed by atoms with Crippen LogP contribution in [0.5, 0.6) is 0 Å². The Hall–Kier alpha value is -1.82. The van der Waals surface area contributed by atoms with E-state index < -0.39 is 0 Å². The Balaban J connectivity index is 1.67. The van der Waals surface area contributed by atoms with Crippen molar-refractivity contribution in [2.45, 2.75) is 32.0 Å². The zero-order chi connectivity index (χ0) is 12.4. The van der Waals surface area contributed by atoms with E-state index >= 15 is 0 Å². The lowest BCUT2D eigenvalue weighted by Gasteiger charge is -2.05. The van der Waals surface area contributed by atoms with Crippen LogP contribution in [-0.4, -0.2) is 26.2 Å². The summed E-state index contributed by atoms with van der Waals surface area (Å²) in [4.78, 5) is 0. The largest absolute Gasteiger partial charge is 0.307 e. The third-order valence-corrected chi connectivity index (χ3v) is 2.98. The molecule has 0 saturated heterocycles. The SMILES string of the molecule is Fc1ccc(Cn2nnnc2CNC2CC2)cc1. The molecule has 1 N–H and O–H groups in total. The number of nitrogens with zero attached hydrogens (tertiary/aromatic N) is 4. The summed E-state index contributed by atoms with van der Waals surface area (Å²) in [6.07, 6.45) is 2.47. The first kappa shape index (κ1) is 11.3. The predicted molar refractivity (Wildman–Crippen MR) is 63.2 cm³/mol. The highest BCUT2D eigenvalue weighted by atomic mass is 19.1. The van der Waals surface area contributed by atoms with E-state index in [1.54, 1.807) is 16.8 Å². The van der Waals surface area contributed by atoms with Crippen LogP contribution in [0.1, 0.15) is 24.2 Å². The standard InChI is InChI=1S/C12H14FN5/c13-10-3-1-9(2-4-10)8-18-12(15-16-17-18)7-14-11-5-6-11/h1-4,11,14H,5-8H2. The lowest BCUT2D eigenvalue weighted by Crippen LogP contribution is -2.19. The van der Waals surface area contributed by atoms with Gasteiger partial charge in [0.25, 0.3) is 0 Å². The molecular formula is C12H14FN5. The summed E-state index contributed by atoms with van der Waals surface area (Å²) in [6.45, 7) is 1.24. The third-order valence-electron chi connectivity index (χ3n) is 2.98. The molecule has 1 aliphatic rings. The fourth-order valence-electron chi connectivity index (χ4n) is 1.76. The van der Waals surface area contributed by atoms with Gasteiger partial charge < -0.3 is 5.32 Å². The Morgan fingerprint density at radius 1 is 1.28 bits per heavy atom. The minimum Gasteiger partial charge on any atom is -0.307 e. The first-order valence-corrected chi connectivity index (χ1v) is 6.04. The molecule has 1 aromatic heterocycles. The number of benzene rings is 1. The Morgan fingerprint density at radius 2 is 2.06 bits per heavy atom. The van der Waals surface area contributed by atoms with Crippen LogP contribution in [0.2, 0.25) is 0 Å². The fourth-order valence-corrected chi connectivity index (χ4v) is 1.76. The minimum absolute atomic E-state index is 0.230. The van der Waals surface area contributed by atoms with Gasteiger partial charge in [0, 0.05) is 6.04 Å². The van der Waals surface area contributed by atoms with Crippen molar-refractivity contribution in [2.75, 3.05) is 0 Å². The lowest BCUT2D eigenvalue weighted by molar-refractivity contribution is 0.576. The van der Waals surface area contributed by atoms with Crippen molar-refractivity contribution in [3.63, 3.8) is 0 Å². The van der Waals surface area contributed by atoms with Gasteiger partial charge in [0.15, 0.2) is 5.82 Å². The van der Waals surface area contributed by atoms with E-state index in [4.69, 9.17) is 0 Å². The number of nitrogens with one attached hydrogen (secondary N) is 1. The molecule has 5 nitrogen and oxygen atoms in total. The molecule has 1 aliphatic carbocycles. The zero-order valence-electron chi connectivity index (χ0n) is 9.88. The van der Waals surface area contributed by atoms with Gasteiger partial charge in [-0.15, -0.1) is 5.10 Å². The van der Waals surface area contributed by atoms with Gasteiger partial charge >= 0.3 is 0 Å². The van der Waals surface area contributed by atoms with E-state index in [9.17, 15) is 4.39 Å². The number of hydrogen-bond donors (Lipinski definition) is 1. The van der Waals surface area contributed by atoms with Crippen LogP contribution in [0, 0.1) is 5.82 Å². The maximum atomic E-state index is 12.8. The van der Waals surface area contributed by atoms with Crippen LogP contribution in [0.25, 0.3) is 0 Å². The molecule has 0 bridgehead atoms. The van der Waals surface area contributed by atoms with Crippen molar-refractivity contribution in [3.05, 3.63) is 41.5 Å². The summed E-state index contributed by atoms with van der Waals surface area (Å²) < 4.78 is 14.5. The average Bonchev–Trinajstić information content (AvgIpc) is 3.11. The molecule has 1 heterocycles. The maximum absolute atomic E-state index is 12.8. The zero-order valence-corrected chi connectivity index (χ0v) is 9.88. The Labute approximate surface area is 104 Å². The van der Waals surface area contributed by atoms with Crippen LogP contribution in [0.4, 0.5) is 4.39 Å². The molecule has 0 amide bonds. The molecule has 0 radical (unpaired) electrons. The smallest absolute Gasteiger partial charge is 0.165 e. The molecule has 1 saturated carbocycles. The van der Waals surface area contributed by atoms with E-state index in [-0.39, 0.29) is 5.82 Å². The molecule has 0 spiro atoms. The van der Waals surface area contributed by atoms with E-state index in [2.05, 4.69) is 20.8 Å². The molecule has 0 aliphatic heterocycles. The normalized spacial score (nSPS) is 14.9. The highest BCUT2D eigenvalue weighted by molar-refractivity contribution is 5.16. The summed E-state index contributed by atoms with van der Waals surface area (Å²) in [5.74, 6) is 0.581. The molecule has 0 unspecified atom stereocenters. The van der Waals surface area contributed by atoms with Gasteiger partial charge in [-0.25, -0.2) is 9.07 Å². The predicted octanol–water partition coefficient (Wildman–Crippen LogP) is 1.11. The van der Waals surface area contributed by atoms with E-state index in [1.807, 2.05) is 0 Å². The second-order valence-electron chi connectivity index (χ2n) is 4.53. The van der Waals surface area contributed by atoms with Crippen molar-refractivity contribution in [3.8, 4) is 0 Å². The second-order valence-corrected chi connectivity index (χ2v) is 4.53. The van der Waals surface area contributed by atoms with Gasteiger partial charge in [-0.05, 0) is 41.0 Å². The topological polar surface area (TPSA) is 55.6 Å². The van der Waals surface area contributed by atoms with E-state index in [1.165, 1.54) is 25.0 Å². The van der Waals surface area contributed by atoms with Crippen LogP contribution < -0.4 is 5.32 Å². The summed E-state index contributed by atoms with van der Waals surface area (Å²) in [5.41, 5.74) is 0.983. The monoisotopic (exact) mass is 247 g/mol. The summed E-state index contributed by atoms with van der Waals surface area (Å²) >= 11 is 0. The quantitative estimate of drug-likeness (QED) is 0.860. The van der Waals surface area contributed by atoms with Gasteiger partial charge in [0.1, 0.15) is 5.82 Å². The second kappa shape index (κ2) is 4.81. The van der Waals surface area contributed by atoms with Crippen LogP contribution in [0.15, 0.2) is 24.3 Å². The molecule has 1 fully saturated rings. The Kier molecular flexibility index (Phi) is 3.02. The third kappa shape index (κ3) is 2.70. The summed E-state index contributed by atoms with van der Waals surface area (Å²) in [6, 6.07) is 7.01. The molecule has 6 heteroatoms. The first-order chi connectivity index (χ1) is 8.81. The summed E-state index contributed by atoms with van der Waals surface area (Å²) in [5, 5.41) is 15.0. The van der Waals surface area contributed by atoms with E-state index in [0.717, 1.165) is 11.4 Å². The molecule has 94 valence electrons. The van der Waals surface area contributed by atoms with Crippen molar-refractivity contribution >= 4 is 0 Å². The van der Waals surface area contributed by atoms with Crippen molar-refractivity contribution < 1.29 is 4.39 Å². The Bertz CT molecular complexity index is 518. The number of aromatic nitrogens is 4. The Morgan fingerprint density at radius 3 is 2.78 bits per heavy atom. The minimum atomic E-state index is -0.230. The van der Waals surface area contributed by atoms with Gasteiger partial charge in [0.05, 0.1) is 13.1 Å². The van der Waals surface area contributed by atoms with Gasteiger partial charge in [-0.3, -0.25) is 0 Å². The van der Waals surface area contributed by atoms with Gasteiger partial charge in [-0.2, -0.15) is 0 Å². The van der Waals surface area contributed by atoms with Crippen molar-refractivity contribution in [1.29, 1.82) is 0 Å². The lowest BCUT2D eigenvalue weighted by atomic mass is 10.2. The molecule has 1 aromatic carbocycles. The van der Waals surface area contributed by atoms with Gasteiger partial charge in [0.2, 0.25) is 0 Å². The number of hydrogen-bond acceptors (Lipinski definition) is 4. The average molecular weight is 247 g/mol. The highest BCUT2D eigenvalue weighted by Crippen LogP contribution is 2.18. The highest BCUT2D eigenvalue weighted by Gasteiger charge is 2.21. The first-order valence-electron chi connectivity index (χ1n) is 6.04. The molecule has 2 aromatic rings. The fraction of sp³-hybridized carbons (Fsp3) is 0.417. The number of rotatable bonds is 5. The van der Waals surface area contributed by atoms with Crippen LogP contribution >= 0.6 is 0 Å². The van der Waals surface area contributed by atoms with Crippen LogP contribution in [-0.2, 0) is 13.1 Å². The molecule has 18 heavy (non-hydrogen) atoms. The number of tetrazole rings is 1. The summed E-state index contributed by atoms with van der Waals surface area (Å²) in [7, 11) is 0. The van der Waals surface area contributed by atoms with Crippen molar-refractivity contribution in [1.82, 2.24) is 25.5 Å². The molecule has 3 rings (SSSR count). The van der Waals surface area contributed by atoms with Crippen molar-refractivity contribution in [2.24, 2.45) is 0 Å². The molecular weight excluding hydrogens is 233 g/mol. The molecule has 0 atom stereocenters. The van der Waals surface area contributed by atoms with Gasteiger partial charge in [-0.1, -0.05) is 12.1 Å². The maximum Gasteiger partial charge on any atom is 0.165 e. The van der Waals surface area contributed by atoms with Crippen LogP contribution in [0.3, 0.4) is 0 Å². The van der Waals surface area contributed by atoms with E-state index in [0.29, 0.717) is 19.1 Å². The number of halogens is 1.